The molecule has 0 unspecified atom stereocenters. The van der Waals surface area contributed by atoms with Crippen LogP contribution in [0.4, 0.5) is 5.00 Å². The van der Waals surface area contributed by atoms with Crippen molar-refractivity contribution in [2.75, 3.05) is 25.3 Å². The van der Waals surface area contributed by atoms with Gasteiger partial charge in [-0.05, 0) is 48.9 Å². The lowest BCUT2D eigenvalue weighted by molar-refractivity contribution is -0.113. The Balaban J connectivity index is 1.49. The van der Waals surface area contributed by atoms with E-state index in [9.17, 15) is 9.59 Å². The second-order valence-electron chi connectivity index (χ2n) is 7.47. The van der Waals surface area contributed by atoms with Crippen LogP contribution in [0.5, 0.6) is 5.75 Å². The van der Waals surface area contributed by atoms with E-state index in [-0.39, 0.29) is 11.7 Å². The molecule has 0 aliphatic carbocycles. The molecule has 11 heteroatoms. The molecule has 0 aliphatic rings. The molecule has 0 saturated carbocycles. The fourth-order valence-corrected chi connectivity index (χ4v) is 5.43. The molecule has 186 valence electrons. The van der Waals surface area contributed by atoms with E-state index in [2.05, 4.69) is 15.5 Å². The molecule has 1 N–H and O–H groups in total. The van der Waals surface area contributed by atoms with Crippen LogP contribution in [0.15, 0.2) is 59.1 Å². The Morgan fingerprint density at radius 1 is 1.06 bits per heavy atom. The highest BCUT2D eigenvalue weighted by molar-refractivity contribution is 7.99. The molecule has 0 radical (unpaired) electrons. The van der Waals surface area contributed by atoms with Crippen molar-refractivity contribution in [1.82, 2.24) is 14.8 Å². The zero-order valence-corrected chi connectivity index (χ0v) is 22.2. The maximum atomic E-state index is 12.8. The Hall–Kier alpha value is -3.34. The summed E-state index contributed by atoms with van der Waals surface area (Å²) in [5.74, 6) is 0.758. The first-order chi connectivity index (χ1) is 17.4. The average Bonchev–Trinajstić information content (AvgIpc) is 3.51. The Morgan fingerprint density at radius 3 is 2.39 bits per heavy atom. The number of amides is 1. The number of carbonyl (C=O) groups excluding carboxylic acids is 2. The second kappa shape index (κ2) is 11.6. The number of ether oxygens (including phenoxy) is 2. The number of rotatable bonds is 9. The normalized spacial score (nSPS) is 10.8. The first-order valence-corrected chi connectivity index (χ1v) is 13.2. The molecule has 0 fully saturated rings. The third-order valence-corrected chi connectivity index (χ3v) is 7.42. The van der Waals surface area contributed by atoms with Gasteiger partial charge in [-0.15, -0.1) is 21.5 Å². The number of thiophene rings is 1. The van der Waals surface area contributed by atoms with E-state index < -0.39 is 5.97 Å². The van der Waals surface area contributed by atoms with Gasteiger partial charge in [0.2, 0.25) is 5.91 Å². The van der Waals surface area contributed by atoms with Crippen molar-refractivity contribution in [3.63, 3.8) is 0 Å². The van der Waals surface area contributed by atoms with E-state index in [4.69, 9.17) is 21.1 Å². The van der Waals surface area contributed by atoms with Gasteiger partial charge in [-0.2, -0.15) is 0 Å². The SMILES string of the molecule is CCn1c(SCC(=O)Nc2scc(-c3ccc(Cl)cc3)c2C(=O)OC)nnc1-c1ccc(OC)cc1. The highest BCUT2D eigenvalue weighted by atomic mass is 35.5. The van der Waals surface area contributed by atoms with E-state index in [1.165, 1.54) is 30.2 Å². The zero-order valence-electron chi connectivity index (χ0n) is 19.8. The highest BCUT2D eigenvalue weighted by Gasteiger charge is 2.23. The van der Waals surface area contributed by atoms with Gasteiger partial charge in [-0.3, -0.25) is 4.79 Å². The van der Waals surface area contributed by atoms with Crippen molar-refractivity contribution < 1.29 is 19.1 Å². The average molecular weight is 543 g/mol. The topological polar surface area (TPSA) is 95.3 Å². The van der Waals surface area contributed by atoms with Gasteiger partial charge >= 0.3 is 5.97 Å². The number of hydrogen-bond donors (Lipinski definition) is 1. The van der Waals surface area contributed by atoms with Gasteiger partial charge in [-0.1, -0.05) is 35.5 Å². The minimum absolute atomic E-state index is 0.0928. The first kappa shape index (κ1) is 25.7. The van der Waals surface area contributed by atoms with E-state index in [0.29, 0.717) is 38.7 Å². The molecule has 0 saturated heterocycles. The minimum atomic E-state index is -0.529. The Morgan fingerprint density at radius 2 is 1.75 bits per heavy atom. The predicted molar refractivity (Wildman–Crippen MR) is 143 cm³/mol. The number of nitrogens with zero attached hydrogens (tertiary/aromatic N) is 3. The van der Waals surface area contributed by atoms with Crippen LogP contribution in [0.2, 0.25) is 5.02 Å². The first-order valence-electron chi connectivity index (χ1n) is 10.9. The summed E-state index contributed by atoms with van der Waals surface area (Å²) in [4.78, 5) is 25.4. The van der Waals surface area contributed by atoms with Gasteiger partial charge in [0, 0.05) is 28.1 Å². The minimum Gasteiger partial charge on any atom is -0.497 e. The lowest BCUT2D eigenvalue weighted by atomic mass is 10.0. The lowest BCUT2D eigenvalue weighted by Crippen LogP contribution is -2.16. The molecule has 8 nitrogen and oxygen atoms in total. The maximum Gasteiger partial charge on any atom is 0.341 e. The molecule has 0 aliphatic heterocycles. The van der Waals surface area contributed by atoms with Crippen molar-refractivity contribution in [3.8, 4) is 28.3 Å². The number of aromatic nitrogens is 3. The number of halogens is 1. The monoisotopic (exact) mass is 542 g/mol. The Kier molecular flexibility index (Phi) is 8.29. The number of anilines is 1. The summed E-state index contributed by atoms with van der Waals surface area (Å²) in [5, 5.41) is 14.9. The summed E-state index contributed by atoms with van der Waals surface area (Å²) in [6.07, 6.45) is 0. The van der Waals surface area contributed by atoms with Crippen molar-refractivity contribution in [2.24, 2.45) is 0 Å². The summed E-state index contributed by atoms with van der Waals surface area (Å²) in [7, 11) is 2.93. The molecular formula is C25H23ClN4O4S2. The van der Waals surface area contributed by atoms with Gasteiger partial charge in [0.25, 0.3) is 0 Å². The lowest BCUT2D eigenvalue weighted by Gasteiger charge is -2.09. The number of esters is 1. The standard InChI is InChI=1S/C25H23ClN4O4S2/c1-4-30-22(16-7-11-18(33-2)12-8-16)28-29-25(30)36-14-20(31)27-23-21(24(32)34-3)19(13-35-23)15-5-9-17(26)10-6-15/h5-13H,4,14H2,1-3H3,(H,27,31). The van der Waals surface area contributed by atoms with Crippen molar-refractivity contribution in [3.05, 3.63) is 64.5 Å². The summed E-state index contributed by atoms with van der Waals surface area (Å²) in [6, 6.07) is 14.7. The van der Waals surface area contributed by atoms with Gasteiger partial charge in [0.15, 0.2) is 11.0 Å². The molecule has 0 bridgehead atoms. The number of hydrogen-bond acceptors (Lipinski definition) is 8. The third-order valence-electron chi connectivity index (χ3n) is 5.30. The van der Waals surface area contributed by atoms with Gasteiger partial charge in [0.1, 0.15) is 16.3 Å². The molecule has 2 heterocycles. The molecule has 1 amide bonds. The highest BCUT2D eigenvalue weighted by Crippen LogP contribution is 2.37. The smallest absolute Gasteiger partial charge is 0.341 e. The van der Waals surface area contributed by atoms with Gasteiger partial charge in [-0.25, -0.2) is 4.79 Å². The molecule has 0 atom stereocenters. The Labute approximate surface area is 221 Å². The summed E-state index contributed by atoms with van der Waals surface area (Å²) in [6.45, 7) is 2.63. The molecule has 4 aromatic rings. The predicted octanol–water partition coefficient (Wildman–Crippen LogP) is 5.87. The van der Waals surface area contributed by atoms with E-state index in [0.717, 1.165) is 16.9 Å². The van der Waals surface area contributed by atoms with Crippen LogP contribution in [-0.2, 0) is 16.1 Å². The van der Waals surface area contributed by atoms with E-state index in [1.807, 2.05) is 53.3 Å². The maximum absolute atomic E-state index is 12.8. The van der Waals surface area contributed by atoms with Crippen LogP contribution in [0.25, 0.3) is 22.5 Å². The van der Waals surface area contributed by atoms with Crippen LogP contribution < -0.4 is 10.1 Å². The number of methoxy groups -OCH3 is 2. The summed E-state index contributed by atoms with van der Waals surface area (Å²) in [5.41, 5.74) is 2.67. The number of nitrogens with one attached hydrogen (secondary N) is 1. The molecule has 36 heavy (non-hydrogen) atoms. The van der Waals surface area contributed by atoms with Gasteiger partial charge < -0.3 is 19.4 Å². The number of benzene rings is 2. The molecule has 2 aromatic heterocycles. The summed E-state index contributed by atoms with van der Waals surface area (Å²) >= 11 is 8.53. The molecular weight excluding hydrogens is 520 g/mol. The largest absolute Gasteiger partial charge is 0.497 e. The van der Waals surface area contributed by atoms with Crippen molar-refractivity contribution in [1.29, 1.82) is 0 Å². The Bertz CT molecular complexity index is 1370. The quantitative estimate of drug-likeness (QED) is 0.208. The van der Waals surface area contributed by atoms with Crippen molar-refractivity contribution in [2.45, 2.75) is 18.6 Å². The van der Waals surface area contributed by atoms with E-state index >= 15 is 0 Å². The van der Waals surface area contributed by atoms with Crippen LogP contribution in [0, 0.1) is 0 Å². The molecule has 0 spiro atoms. The second-order valence-corrected chi connectivity index (χ2v) is 9.73. The third kappa shape index (κ3) is 5.56. The van der Waals surface area contributed by atoms with Crippen LogP contribution in [0.1, 0.15) is 17.3 Å². The molecule has 4 rings (SSSR count). The fourth-order valence-electron chi connectivity index (χ4n) is 3.52. The zero-order chi connectivity index (χ0) is 25.7. The fraction of sp³-hybridized carbons (Fsp3) is 0.200. The van der Waals surface area contributed by atoms with Crippen molar-refractivity contribution >= 4 is 51.6 Å². The van der Waals surface area contributed by atoms with Gasteiger partial charge in [0.05, 0.1) is 20.0 Å². The van der Waals surface area contributed by atoms with Crippen LogP contribution >= 0.6 is 34.7 Å². The number of thioether (sulfide) groups is 1. The van der Waals surface area contributed by atoms with Crippen LogP contribution in [-0.4, -0.2) is 46.6 Å². The molecule has 2 aromatic carbocycles. The number of carbonyl (C=O) groups is 2. The van der Waals surface area contributed by atoms with Crippen LogP contribution in [0.3, 0.4) is 0 Å². The summed E-state index contributed by atoms with van der Waals surface area (Å²) < 4.78 is 12.1. The van der Waals surface area contributed by atoms with E-state index in [1.54, 1.807) is 19.2 Å².